The Morgan fingerprint density at radius 1 is 1.39 bits per heavy atom. The van der Waals surface area contributed by atoms with E-state index in [0.717, 1.165) is 11.9 Å². The highest BCUT2D eigenvalue weighted by Gasteiger charge is 2.17. The van der Waals surface area contributed by atoms with Gasteiger partial charge in [0.15, 0.2) is 0 Å². The van der Waals surface area contributed by atoms with Crippen molar-refractivity contribution in [3.8, 4) is 0 Å². The van der Waals surface area contributed by atoms with Gasteiger partial charge >= 0.3 is 5.97 Å². The number of benzene rings is 1. The Morgan fingerprint density at radius 2 is 2.13 bits per heavy atom. The molecule has 0 radical (unpaired) electrons. The summed E-state index contributed by atoms with van der Waals surface area (Å²) in [5, 5.41) is 4.69. The van der Waals surface area contributed by atoms with Crippen molar-refractivity contribution in [1.29, 1.82) is 0 Å². The molecule has 7 heteroatoms. The summed E-state index contributed by atoms with van der Waals surface area (Å²) in [6.45, 7) is 3.64. The van der Waals surface area contributed by atoms with Crippen LogP contribution in [0.25, 0.3) is 10.9 Å². The fourth-order valence-corrected chi connectivity index (χ4v) is 2.37. The number of likely N-dealkylation sites (N-methyl/N-ethyl adjacent to an activating group) is 1. The summed E-state index contributed by atoms with van der Waals surface area (Å²) in [6, 6.07) is 5.53. The van der Waals surface area contributed by atoms with Gasteiger partial charge in [0.25, 0.3) is 0 Å². The van der Waals surface area contributed by atoms with Crippen molar-refractivity contribution in [3.05, 3.63) is 35.0 Å². The minimum atomic E-state index is -0.385. The highest BCUT2D eigenvalue weighted by molar-refractivity contribution is 6.35. The van der Waals surface area contributed by atoms with Crippen LogP contribution in [0.2, 0.25) is 5.02 Å². The van der Waals surface area contributed by atoms with E-state index in [2.05, 4.69) is 15.2 Å². The predicted octanol–water partition coefficient (Wildman–Crippen LogP) is 3.46. The number of nitrogens with zero attached hydrogens (tertiary/aromatic N) is 2. The quantitative estimate of drug-likeness (QED) is 0.802. The number of fused-ring (bicyclic) bond motifs is 1. The van der Waals surface area contributed by atoms with Crippen molar-refractivity contribution in [3.63, 3.8) is 0 Å². The van der Waals surface area contributed by atoms with Crippen molar-refractivity contribution < 1.29 is 9.53 Å². The SMILES string of the molecule is CCOC(=O)c1cnc2c(Cl)cccc2c1NCCN(C)C.Cl. The van der Waals surface area contributed by atoms with Crippen LogP contribution in [0.5, 0.6) is 0 Å². The fraction of sp³-hybridized carbons (Fsp3) is 0.375. The summed E-state index contributed by atoms with van der Waals surface area (Å²) in [4.78, 5) is 18.5. The average molecular weight is 358 g/mol. The Bertz CT molecular complexity index is 678. The normalized spacial score (nSPS) is 10.5. The highest BCUT2D eigenvalue weighted by atomic mass is 35.5. The van der Waals surface area contributed by atoms with Crippen LogP contribution in [-0.2, 0) is 4.74 Å². The van der Waals surface area contributed by atoms with Crippen LogP contribution in [0.15, 0.2) is 24.4 Å². The van der Waals surface area contributed by atoms with Crippen molar-refractivity contribution in [2.75, 3.05) is 39.1 Å². The van der Waals surface area contributed by atoms with Crippen LogP contribution in [0.3, 0.4) is 0 Å². The summed E-state index contributed by atoms with van der Waals surface area (Å²) in [6.07, 6.45) is 1.52. The van der Waals surface area contributed by atoms with Crippen LogP contribution in [0.1, 0.15) is 17.3 Å². The van der Waals surface area contributed by atoms with Crippen LogP contribution < -0.4 is 5.32 Å². The maximum absolute atomic E-state index is 12.1. The summed E-state index contributed by atoms with van der Waals surface area (Å²) in [5.41, 5.74) is 1.81. The second-order valence-electron chi connectivity index (χ2n) is 5.13. The van der Waals surface area contributed by atoms with Gasteiger partial charge in [-0.05, 0) is 27.1 Å². The molecule has 0 aliphatic heterocycles. The zero-order chi connectivity index (χ0) is 16.1. The Balaban J connectivity index is 0.00000264. The van der Waals surface area contributed by atoms with Crippen LogP contribution in [-0.4, -0.2) is 49.6 Å². The third-order valence-corrected chi connectivity index (χ3v) is 3.51. The number of hydrogen-bond donors (Lipinski definition) is 1. The monoisotopic (exact) mass is 357 g/mol. The molecular formula is C16H21Cl2N3O2. The zero-order valence-corrected chi connectivity index (χ0v) is 15.0. The molecule has 2 aromatic rings. The second-order valence-corrected chi connectivity index (χ2v) is 5.54. The molecule has 1 aromatic carbocycles. The molecule has 126 valence electrons. The Morgan fingerprint density at radius 3 is 2.78 bits per heavy atom. The number of esters is 1. The Labute approximate surface area is 147 Å². The summed E-state index contributed by atoms with van der Waals surface area (Å²) in [5.74, 6) is -0.385. The predicted molar refractivity (Wildman–Crippen MR) is 97.0 cm³/mol. The topological polar surface area (TPSA) is 54.5 Å². The summed E-state index contributed by atoms with van der Waals surface area (Å²) < 4.78 is 5.11. The summed E-state index contributed by atoms with van der Waals surface area (Å²) >= 11 is 6.19. The largest absolute Gasteiger partial charge is 0.462 e. The van der Waals surface area contributed by atoms with Gasteiger partial charge in [0, 0.05) is 24.7 Å². The van der Waals surface area contributed by atoms with E-state index in [0.29, 0.717) is 34.9 Å². The molecule has 0 atom stereocenters. The van der Waals surface area contributed by atoms with Gasteiger partial charge in [0.1, 0.15) is 5.56 Å². The number of para-hydroxylation sites is 1. The first-order valence-corrected chi connectivity index (χ1v) is 7.55. The lowest BCUT2D eigenvalue weighted by Gasteiger charge is -2.16. The van der Waals surface area contributed by atoms with Gasteiger partial charge in [-0.3, -0.25) is 4.98 Å². The minimum Gasteiger partial charge on any atom is -0.462 e. The molecule has 0 bridgehead atoms. The van der Waals surface area contributed by atoms with E-state index >= 15 is 0 Å². The molecule has 2 rings (SSSR count). The number of carbonyl (C=O) groups is 1. The van der Waals surface area contributed by atoms with Crippen LogP contribution in [0, 0.1) is 0 Å². The number of aromatic nitrogens is 1. The number of rotatable bonds is 6. The number of hydrogen-bond acceptors (Lipinski definition) is 5. The number of ether oxygens (including phenoxy) is 1. The molecule has 0 saturated carbocycles. The van der Waals surface area contributed by atoms with E-state index < -0.39 is 0 Å². The minimum absolute atomic E-state index is 0. The molecule has 0 spiro atoms. The van der Waals surface area contributed by atoms with Gasteiger partial charge in [-0.1, -0.05) is 23.7 Å². The lowest BCUT2D eigenvalue weighted by atomic mass is 10.1. The molecule has 0 fully saturated rings. The fourth-order valence-electron chi connectivity index (χ4n) is 2.15. The molecule has 0 aliphatic carbocycles. The van der Waals surface area contributed by atoms with Gasteiger partial charge in [-0.15, -0.1) is 12.4 Å². The third-order valence-electron chi connectivity index (χ3n) is 3.20. The van der Waals surface area contributed by atoms with Crippen molar-refractivity contribution in [1.82, 2.24) is 9.88 Å². The number of nitrogens with one attached hydrogen (secondary N) is 1. The van der Waals surface area contributed by atoms with Gasteiger partial charge < -0.3 is 15.0 Å². The maximum atomic E-state index is 12.1. The number of halogens is 2. The van der Waals surface area contributed by atoms with Crippen molar-refractivity contribution in [2.45, 2.75) is 6.92 Å². The molecule has 1 heterocycles. The summed E-state index contributed by atoms with van der Waals surface area (Å²) in [7, 11) is 3.99. The van der Waals surface area contributed by atoms with E-state index in [9.17, 15) is 4.79 Å². The smallest absolute Gasteiger partial charge is 0.341 e. The van der Waals surface area contributed by atoms with E-state index in [1.54, 1.807) is 13.0 Å². The second kappa shape index (κ2) is 8.91. The average Bonchev–Trinajstić information content (AvgIpc) is 2.47. The van der Waals surface area contributed by atoms with Crippen LogP contribution in [0.4, 0.5) is 5.69 Å². The Kier molecular flexibility index (Phi) is 7.55. The molecule has 0 aliphatic rings. The number of anilines is 1. The lowest BCUT2D eigenvalue weighted by Crippen LogP contribution is -2.22. The van der Waals surface area contributed by atoms with Gasteiger partial charge in [-0.2, -0.15) is 0 Å². The van der Waals surface area contributed by atoms with Gasteiger partial charge in [0.05, 0.1) is 22.8 Å². The van der Waals surface area contributed by atoms with Gasteiger partial charge in [-0.25, -0.2) is 4.79 Å². The molecule has 0 unspecified atom stereocenters. The molecule has 1 aromatic heterocycles. The van der Waals surface area contributed by atoms with E-state index in [-0.39, 0.29) is 18.4 Å². The molecular weight excluding hydrogens is 337 g/mol. The van der Waals surface area contributed by atoms with Crippen LogP contribution >= 0.6 is 24.0 Å². The molecule has 0 saturated heterocycles. The van der Waals surface area contributed by atoms with Crippen molar-refractivity contribution >= 4 is 46.6 Å². The van der Waals surface area contributed by atoms with Crippen molar-refractivity contribution in [2.24, 2.45) is 0 Å². The first-order chi connectivity index (χ1) is 10.5. The first-order valence-electron chi connectivity index (χ1n) is 7.17. The molecule has 5 nitrogen and oxygen atoms in total. The molecule has 23 heavy (non-hydrogen) atoms. The van der Waals surface area contributed by atoms with E-state index in [4.69, 9.17) is 16.3 Å². The number of pyridine rings is 1. The Hall–Kier alpha value is -1.56. The molecule has 1 N–H and O–H groups in total. The first kappa shape index (κ1) is 19.5. The third kappa shape index (κ3) is 4.70. The highest BCUT2D eigenvalue weighted by Crippen LogP contribution is 2.30. The standard InChI is InChI=1S/C16H20ClN3O2.ClH/c1-4-22-16(21)12-10-19-15-11(6-5-7-13(15)17)14(12)18-8-9-20(2)3;/h5-7,10H,4,8-9H2,1-3H3,(H,18,19);1H. The van der Waals surface area contributed by atoms with E-state index in [1.807, 2.05) is 26.2 Å². The zero-order valence-electron chi connectivity index (χ0n) is 13.4. The number of carbonyl (C=O) groups excluding carboxylic acids is 1. The maximum Gasteiger partial charge on any atom is 0.341 e. The molecule has 0 amide bonds. The van der Waals surface area contributed by atoms with Gasteiger partial charge in [0.2, 0.25) is 0 Å². The lowest BCUT2D eigenvalue weighted by molar-refractivity contribution is 0.0527. The van der Waals surface area contributed by atoms with E-state index in [1.165, 1.54) is 6.20 Å².